The van der Waals surface area contributed by atoms with Gasteiger partial charge >= 0.3 is 0 Å². The van der Waals surface area contributed by atoms with Crippen molar-refractivity contribution in [2.75, 3.05) is 0 Å². The molecule has 0 saturated carbocycles. The molecule has 6 heavy (non-hydrogen) atoms. The normalized spacial score (nSPS) is 7.83. The van der Waals surface area contributed by atoms with Crippen LogP contribution in [-0.2, 0) is 0 Å². The average Bonchev–Trinajstić information content (AvgIpc) is 1.35. The van der Waals surface area contributed by atoms with Crippen LogP contribution < -0.4 is 0 Å². The monoisotopic (exact) mass is 139 g/mol. The number of azide groups is 1. The van der Waals surface area contributed by atoms with Gasteiger partial charge in [0.2, 0.25) is 0 Å². The Morgan fingerprint density at radius 3 is 2.17 bits per heavy atom. The molecule has 0 heterocycles. The third-order valence-electron chi connectivity index (χ3n) is 0.143. The molecule has 2 atom stereocenters. The van der Waals surface area contributed by atoms with Gasteiger partial charge in [-0.3, -0.25) is 0 Å². The lowest BCUT2D eigenvalue weighted by molar-refractivity contribution is 1.81. The van der Waals surface area contributed by atoms with Crippen molar-refractivity contribution < 1.29 is 0 Å². The van der Waals surface area contributed by atoms with Crippen LogP contribution >= 0.6 is 25.3 Å². The van der Waals surface area contributed by atoms with E-state index in [1.54, 1.807) is 0 Å². The Balaban J connectivity index is 3.29. The van der Waals surface area contributed by atoms with Crippen LogP contribution in [0.2, 0.25) is 0 Å². The summed E-state index contributed by atoms with van der Waals surface area (Å²) in [6.45, 7) is 0. The third-order valence-corrected chi connectivity index (χ3v) is 1.05. The average molecular weight is 139 g/mol. The highest BCUT2D eigenvalue weighted by molar-refractivity contribution is 8.42. The van der Waals surface area contributed by atoms with E-state index >= 15 is 0 Å². The zero-order valence-corrected chi connectivity index (χ0v) is 6.15. The first kappa shape index (κ1) is 6.60. The molecule has 0 aliphatic carbocycles. The molecule has 0 radical (unpaired) electrons. The fourth-order valence-electron chi connectivity index (χ4n) is 0.0462. The molecule has 34 valence electrons. The van der Waals surface area contributed by atoms with Gasteiger partial charge in [-0.1, -0.05) is 4.88 Å². The van der Waals surface area contributed by atoms with Crippen LogP contribution in [0.25, 0.3) is 10.4 Å². The molecule has 0 aliphatic rings. The molecule has 3 nitrogen and oxygen atoms in total. The summed E-state index contributed by atoms with van der Waals surface area (Å²) in [6.07, 6.45) is 0. The van der Waals surface area contributed by atoms with Crippen molar-refractivity contribution in [3.8, 4) is 0 Å². The Labute approximate surface area is 41.5 Å². The highest BCUT2D eigenvalue weighted by Crippen LogP contribution is 2.53. The van der Waals surface area contributed by atoms with E-state index < -0.39 is 7.45 Å². The van der Waals surface area contributed by atoms with Crippen LogP contribution in [0.3, 0.4) is 0 Å². The first-order chi connectivity index (χ1) is 2.77. The quantitative estimate of drug-likeness (QED) is 0.231. The van der Waals surface area contributed by atoms with Gasteiger partial charge in [0.15, 0.2) is 0 Å². The summed E-state index contributed by atoms with van der Waals surface area (Å²) in [5, 5.41) is 0. The summed E-state index contributed by atoms with van der Waals surface area (Å²) in [4.78, 5) is 5.84. The van der Waals surface area contributed by atoms with E-state index in [1.165, 1.54) is 0 Å². The van der Waals surface area contributed by atoms with Gasteiger partial charge in [0, 0.05) is 12.4 Å². The molecule has 0 rings (SSSR count). The van der Waals surface area contributed by atoms with Gasteiger partial charge in [-0.2, -0.15) is 0 Å². The summed E-state index contributed by atoms with van der Waals surface area (Å²) in [5.41, 5.74) is 7.68. The van der Waals surface area contributed by atoms with Gasteiger partial charge in [0.1, 0.15) is 0 Å². The van der Waals surface area contributed by atoms with E-state index in [9.17, 15) is 0 Å². The summed E-state index contributed by atoms with van der Waals surface area (Å²) in [5.74, 6) is 0. The number of hydrogen-bond donors (Lipinski definition) is 0. The molecule has 0 saturated heterocycles. The molecule has 0 spiro atoms. The standard InChI is InChI=1S/H4N3P3/c1-2-3-6(4)5/h4-5H2. The summed E-state index contributed by atoms with van der Waals surface area (Å²) in [7, 11) is 4.21. The largest absolute Gasteiger partial charge is 0.101 e. The fraction of sp³-hybridized carbons (Fsp3) is 0. The minimum Gasteiger partial charge on any atom is -0.101 e. The zero-order chi connectivity index (χ0) is 4.99. The van der Waals surface area contributed by atoms with Gasteiger partial charge < -0.3 is 0 Å². The maximum Gasteiger partial charge on any atom is 0.0238 e. The number of rotatable bonds is 1. The van der Waals surface area contributed by atoms with Gasteiger partial charge in [-0.05, 0) is 5.53 Å². The molecule has 0 amide bonds. The van der Waals surface area contributed by atoms with Crippen molar-refractivity contribution in [3.63, 3.8) is 0 Å². The van der Waals surface area contributed by atoms with Crippen molar-refractivity contribution in [1.29, 1.82) is 0 Å². The SMILES string of the molecule is [N-]=[N+]=NP(P)P. The van der Waals surface area contributed by atoms with Crippen LogP contribution in [-0.4, -0.2) is 0 Å². The molecule has 0 bridgehead atoms. The van der Waals surface area contributed by atoms with E-state index in [2.05, 4.69) is 27.7 Å². The second-order valence-electron chi connectivity index (χ2n) is 0.559. The summed E-state index contributed by atoms with van der Waals surface area (Å²) in [6, 6.07) is 0. The topological polar surface area (TPSA) is 48.8 Å². The van der Waals surface area contributed by atoms with Crippen LogP contribution in [0.1, 0.15) is 0 Å². The molecular weight excluding hydrogens is 135 g/mol. The Morgan fingerprint density at radius 2 is 2.17 bits per heavy atom. The van der Waals surface area contributed by atoms with E-state index in [0.717, 1.165) is 0 Å². The van der Waals surface area contributed by atoms with Crippen LogP contribution in [0, 0.1) is 0 Å². The maximum atomic E-state index is 7.68. The Kier molecular flexibility index (Phi) is 4.16. The van der Waals surface area contributed by atoms with E-state index in [-0.39, 0.29) is 0 Å². The van der Waals surface area contributed by atoms with Crippen molar-refractivity contribution >= 4 is 25.3 Å². The van der Waals surface area contributed by atoms with Crippen molar-refractivity contribution in [3.05, 3.63) is 10.4 Å². The molecule has 0 aromatic rings. The van der Waals surface area contributed by atoms with Crippen molar-refractivity contribution in [1.82, 2.24) is 0 Å². The van der Waals surface area contributed by atoms with E-state index in [1.807, 2.05) is 0 Å². The zero-order valence-electron chi connectivity index (χ0n) is 2.94. The number of hydrogen-bond acceptors (Lipinski definition) is 1. The molecule has 0 aromatic heterocycles. The Hall–Kier alpha value is 0.600. The minimum atomic E-state index is -0.559. The van der Waals surface area contributed by atoms with Gasteiger partial charge in [0.05, 0.1) is 0 Å². The van der Waals surface area contributed by atoms with Gasteiger partial charge in [-0.15, -0.1) is 17.9 Å². The van der Waals surface area contributed by atoms with Gasteiger partial charge in [0.25, 0.3) is 0 Å². The smallest absolute Gasteiger partial charge is 0.0238 e. The predicted molar refractivity (Wildman–Crippen MR) is 35.5 cm³/mol. The highest BCUT2D eigenvalue weighted by Gasteiger charge is 1.77. The maximum absolute atomic E-state index is 7.68. The summed E-state index contributed by atoms with van der Waals surface area (Å²) >= 11 is 0. The minimum absolute atomic E-state index is 0.559. The second kappa shape index (κ2) is 3.78. The number of nitrogens with zero attached hydrogens (tertiary/aromatic N) is 3. The molecular formula is H4N3P3. The van der Waals surface area contributed by atoms with Crippen molar-refractivity contribution in [2.45, 2.75) is 0 Å². The Morgan fingerprint density at radius 1 is 1.67 bits per heavy atom. The van der Waals surface area contributed by atoms with Crippen LogP contribution in [0.4, 0.5) is 0 Å². The molecule has 0 aromatic carbocycles. The first-order valence-corrected chi connectivity index (χ1v) is 5.65. The lowest BCUT2D eigenvalue weighted by atomic mass is 13.0. The fourth-order valence-corrected chi connectivity index (χ4v) is 0.416. The molecule has 0 aliphatic heterocycles. The highest BCUT2D eigenvalue weighted by atomic mass is 32.4. The van der Waals surface area contributed by atoms with Gasteiger partial charge in [-0.25, -0.2) is 0 Å². The van der Waals surface area contributed by atoms with Crippen molar-refractivity contribution in [2.24, 2.45) is 4.88 Å². The first-order valence-electron chi connectivity index (χ1n) is 1.12. The molecule has 6 heteroatoms. The lowest BCUT2D eigenvalue weighted by Gasteiger charge is -1.83. The van der Waals surface area contributed by atoms with Crippen LogP contribution in [0.15, 0.2) is 4.88 Å². The predicted octanol–water partition coefficient (Wildman–Crippen LogP) is 2.27. The Bertz CT molecular complexity index is 70.1. The van der Waals surface area contributed by atoms with E-state index in [4.69, 9.17) is 5.53 Å². The molecule has 0 fully saturated rings. The molecule has 2 unspecified atom stereocenters. The summed E-state index contributed by atoms with van der Waals surface area (Å²) < 4.78 is 0. The third kappa shape index (κ3) is 4.60. The molecule has 0 N–H and O–H groups in total. The second-order valence-corrected chi connectivity index (χ2v) is 6.46. The lowest BCUT2D eigenvalue weighted by Crippen LogP contribution is -1.19. The van der Waals surface area contributed by atoms with E-state index in [0.29, 0.717) is 0 Å². The van der Waals surface area contributed by atoms with Crippen LogP contribution in [0.5, 0.6) is 0 Å².